The number of carbonyl (C=O) groups excluding carboxylic acids is 1. The molecule has 2 aliphatic heterocycles. The molecule has 1 aromatic rings. The summed E-state index contributed by atoms with van der Waals surface area (Å²) < 4.78 is 10.9. The predicted molar refractivity (Wildman–Crippen MR) is 88.9 cm³/mol. The van der Waals surface area contributed by atoms with E-state index in [4.69, 9.17) is 9.47 Å². The lowest BCUT2D eigenvalue weighted by Crippen LogP contribution is -2.50. The molecule has 1 aromatic carbocycles. The number of amides is 2. The van der Waals surface area contributed by atoms with E-state index in [1.54, 1.807) is 7.11 Å². The zero-order chi connectivity index (χ0) is 16.2. The summed E-state index contributed by atoms with van der Waals surface area (Å²) in [5.74, 6) is 1.28. The van der Waals surface area contributed by atoms with Gasteiger partial charge in [0.15, 0.2) is 0 Å². The molecular weight excluding hydrogens is 292 g/mol. The molecule has 2 amide bonds. The standard InChI is InChI=1S/C18H26N2O3/c1-13(14-3-5-15(22-2)6-4-14)9-10-19-18(21)20-11-16-7-8-17(12-20)23-16/h3-6,13,16-17H,7-12H2,1-2H3,(H,19,21). The summed E-state index contributed by atoms with van der Waals surface area (Å²) in [6, 6.07) is 8.18. The van der Waals surface area contributed by atoms with Gasteiger partial charge in [-0.1, -0.05) is 19.1 Å². The van der Waals surface area contributed by atoms with Gasteiger partial charge in [-0.05, 0) is 42.9 Å². The Morgan fingerprint density at radius 3 is 2.57 bits per heavy atom. The Hall–Kier alpha value is -1.75. The number of benzene rings is 1. The van der Waals surface area contributed by atoms with E-state index < -0.39 is 0 Å². The molecule has 2 heterocycles. The van der Waals surface area contributed by atoms with Gasteiger partial charge in [0.25, 0.3) is 0 Å². The molecular formula is C18H26N2O3. The molecule has 2 saturated heterocycles. The minimum Gasteiger partial charge on any atom is -0.497 e. The molecule has 1 N–H and O–H groups in total. The molecule has 3 atom stereocenters. The second kappa shape index (κ2) is 7.21. The van der Waals surface area contributed by atoms with Crippen molar-refractivity contribution in [1.82, 2.24) is 10.2 Å². The van der Waals surface area contributed by atoms with Crippen molar-refractivity contribution < 1.29 is 14.3 Å². The smallest absolute Gasteiger partial charge is 0.317 e. The van der Waals surface area contributed by atoms with Gasteiger partial charge in [-0.3, -0.25) is 0 Å². The summed E-state index contributed by atoms with van der Waals surface area (Å²) in [5, 5.41) is 3.05. The van der Waals surface area contributed by atoms with Crippen LogP contribution in [0.15, 0.2) is 24.3 Å². The van der Waals surface area contributed by atoms with Crippen molar-refractivity contribution in [3.05, 3.63) is 29.8 Å². The average Bonchev–Trinajstić information content (AvgIpc) is 2.92. The average molecular weight is 318 g/mol. The van der Waals surface area contributed by atoms with Gasteiger partial charge in [0.2, 0.25) is 0 Å². The van der Waals surface area contributed by atoms with E-state index in [-0.39, 0.29) is 18.2 Å². The lowest BCUT2D eigenvalue weighted by molar-refractivity contribution is -0.0238. The van der Waals surface area contributed by atoms with Gasteiger partial charge in [0.05, 0.1) is 19.3 Å². The number of nitrogens with zero attached hydrogens (tertiary/aromatic N) is 1. The molecule has 0 radical (unpaired) electrons. The Kier molecular flexibility index (Phi) is 5.06. The third-order valence-corrected chi connectivity index (χ3v) is 4.87. The fraction of sp³-hybridized carbons (Fsp3) is 0.611. The highest BCUT2D eigenvalue weighted by molar-refractivity contribution is 5.74. The minimum atomic E-state index is 0.0483. The molecule has 3 rings (SSSR count). The number of nitrogens with one attached hydrogen (secondary N) is 1. The minimum absolute atomic E-state index is 0.0483. The second-order valence-corrected chi connectivity index (χ2v) is 6.56. The molecule has 5 heteroatoms. The first-order valence-corrected chi connectivity index (χ1v) is 8.48. The van der Waals surface area contributed by atoms with Crippen LogP contribution in [0, 0.1) is 0 Å². The van der Waals surface area contributed by atoms with Crippen molar-refractivity contribution >= 4 is 6.03 Å². The van der Waals surface area contributed by atoms with Crippen molar-refractivity contribution in [3.8, 4) is 5.75 Å². The highest BCUT2D eigenvalue weighted by atomic mass is 16.5. The Balaban J connectivity index is 1.42. The number of hydrogen-bond acceptors (Lipinski definition) is 3. The Morgan fingerprint density at radius 2 is 1.96 bits per heavy atom. The van der Waals surface area contributed by atoms with E-state index in [9.17, 15) is 4.79 Å². The topological polar surface area (TPSA) is 50.8 Å². The summed E-state index contributed by atoms with van der Waals surface area (Å²) in [6.07, 6.45) is 3.59. The maximum absolute atomic E-state index is 12.3. The lowest BCUT2D eigenvalue weighted by Gasteiger charge is -2.32. The Bertz CT molecular complexity index is 520. The van der Waals surface area contributed by atoms with Gasteiger partial charge in [0, 0.05) is 19.6 Å². The van der Waals surface area contributed by atoms with Crippen LogP contribution in [0.3, 0.4) is 0 Å². The molecule has 0 aromatic heterocycles. The zero-order valence-corrected chi connectivity index (χ0v) is 14.0. The summed E-state index contributed by atoms with van der Waals surface area (Å²) >= 11 is 0. The quantitative estimate of drug-likeness (QED) is 0.908. The Labute approximate surface area is 137 Å². The van der Waals surface area contributed by atoms with E-state index >= 15 is 0 Å². The van der Waals surface area contributed by atoms with Crippen molar-refractivity contribution in [2.24, 2.45) is 0 Å². The van der Waals surface area contributed by atoms with Crippen molar-refractivity contribution in [3.63, 3.8) is 0 Å². The van der Waals surface area contributed by atoms with Gasteiger partial charge in [-0.25, -0.2) is 4.79 Å². The third kappa shape index (κ3) is 3.96. The third-order valence-electron chi connectivity index (χ3n) is 4.87. The van der Waals surface area contributed by atoms with Crippen LogP contribution in [0.2, 0.25) is 0 Å². The molecule has 5 nitrogen and oxygen atoms in total. The number of morpholine rings is 1. The summed E-state index contributed by atoms with van der Waals surface area (Å²) in [5.41, 5.74) is 1.27. The molecule has 0 saturated carbocycles. The summed E-state index contributed by atoms with van der Waals surface area (Å²) in [6.45, 7) is 4.34. The Morgan fingerprint density at radius 1 is 1.30 bits per heavy atom. The number of urea groups is 1. The van der Waals surface area contributed by atoms with Crippen molar-refractivity contribution in [1.29, 1.82) is 0 Å². The number of carbonyl (C=O) groups is 1. The first-order valence-electron chi connectivity index (χ1n) is 8.48. The van der Waals surface area contributed by atoms with Crippen LogP contribution in [0.25, 0.3) is 0 Å². The number of fused-ring (bicyclic) bond motifs is 2. The van der Waals surface area contributed by atoms with E-state index in [2.05, 4.69) is 24.4 Å². The SMILES string of the molecule is COc1ccc(C(C)CCNC(=O)N2CC3CCC(C2)O3)cc1. The van der Waals surface area contributed by atoms with E-state index in [0.29, 0.717) is 12.5 Å². The number of methoxy groups -OCH3 is 1. The summed E-state index contributed by atoms with van der Waals surface area (Å²) in [7, 11) is 1.67. The first kappa shape index (κ1) is 16.1. The van der Waals surface area contributed by atoms with Crippen LogP contribution in [0.5, 0.6) is 5.75 Å². The largest absolute Gasteiger partial charge is 0.497 e. The number of likely N-dealkylation sites (tertiary alicyclic amines) is 1. The lowest BCUT2D eigenvalue weighted by atomic mass is 9.98. The molecule has 2 bridgehead atoms. The van der Waals surface area contributed by atoms with Crippen molar-refractivity contribution in [2.45, 2.75) is 44.3 Å². The fourth-order valence-corrected chi connectivity index (χ4v) is 3.39. The fourth-order valence-electron chi connectivity index (χ4n) is 3.39. The molecule has 3 unspecified atom stereocenters. The van der Waals surface area contributed by atoms with E-state index in [1.165, 1.54) is 5.56 Å². The van der Waals surface area contributed by atoms with Crippen molar-refractivity contribution in [2.75, 3.05) is 26.7 Å². The van der Waals surface area contributed by atoms with E-state index in [1.807, 2.05) is 17.0 Å². The second-order valence-electron chi connectivity index (χ2n) is 6.56. The number of rotatable bonds is 5. The molecule has 0 aliphatic carbocycles. The molecule has 2 aliphatic rings. The van der Waals surface area contributed by atoms with Gasteiger partial charge >= 0.3 is 6.03 Å². The van der Waals surface area contributed by atoms with Crippen LogP contribution in [0.1, 0.15) is 37.7 Å². The van der Waals surface area contributed by atoms with Gasteiger partial charge < -0.3 is 19.7 Å². The maximum Gasteiger partial charge on any atom is 0.317 e. The highest BCUT2D eigenvalue weighted by Gasteiger charge is 2.35. The van der Waals surface area contributed by atoms with Crippen LogP contribution in [-0.4, -0.2) is 49.9 Å². The van der Waals surface area contributed by atoms with Crippen LogP contribution in [0.4, 0.5) is 4.79 Å². The highest BCUT2D eigenvalue weighted by Crippen LogP contribution is 2.26. The molecule has 2 fully saturated rings. The number of ether oxygens (including phenoxy) is 2. The van der Waals surface area contributed by atoms with Gasteiger partial charge in [-0.15, -0.1) is 0 Å². The monoisotopic (exact) mass is 318 g/mol. The molecule has 0 spiro atoms. The summed E-state index contributed by atoms with van der Waals surface area (Å²) in [4.78, 5) is 14.2. The normalized spacial score (nSPS) is 24.3. The molecule has 23 heavy (non-hydrogen) atoms. The zero-order valence-electron chi connectivity index (χ0n) is 14.0. The van der Waals surface area contributed by atoms with E-state index in [0.717, 1.165) is 38.1 Å². The first-order chi connectivity index (χ1) is 11.2. The van der Waals surface area contributed by atoms with Gasteiger partial charge in [0.1, 0.15) is 5.75 Å². The predicted octanol–water partition coefficient (Wildman–Crippen LogP) is 2.76. The maximum atomic E-state index is 12.3. The van der Waals surface area contributed by atoms with Crippen LogP contribution < -0.4 is 10.1 Å². The van der Waals surface area contributed by atoms with Gasteiger partial charge in [-0.2, -0.15) is 0 Å². The number of hydrogen-bond donors (Lipinski definition) is 1. The molecule has 126 valence electrons. The van der Waals surface area contributed by atoms with Crippen LogP contribution >= 0.6 is 0 Å². The van der Waals surface area contributed by atoms with Crippen LogP contribution in [-0.2, 0) is 4.74 Å².